The molecule has 1 atom stereocenters. The molecule has 4 aromatic rings. The number of rotatable bonds is 8. The number of pyridine rings is 1. The summed E-state index contributed by atoms with van der Waals surface area (Å²) in [5.41, 5.74) is 11.7. The molecular formula is C31H35N3O2. The highest BCUT2D eigenvalue weighted by Crippen LogP contribution is 2.36. The van der Waals surface area contributed by atoms with Crippen LogP contribution in [0.3, 0.4) is 0 Å². The second-order valence-electron chi connectivity index (χ2n) is 9.91. The van der Waals surface area contributed by atoms with Gasteiger partial charge in [0.25, 0.3) is 0 Å². The van der Waals surface area contributed by atoms with Crippen LogP contribution in [0.25, 0.3) is 33.6 Å². The topological polar surface area (TPSA) is 59.3 Å². The molecule has 5 heteroatoms. The van der Waals surface area contributed by atoms with E-state index in [1.807, 2.05) is 12.3 Å². The van der Waals surface area contributed by atoms with Crippen molar-refractivity contribution in [3.8, 4) is 16.9 Å². The van der Waals surface area contributed by atoms with Gasteiger partial charge in [-0.1, -0.05) is 45.9 Å². The molecule has 0 amide bonds. The summed E-state index contributed by atoms with van der Waals surface area (Å²) in [5, 5.41) is 12.3. The van der Waals surface area contributed by atoms with Gasteiger partial charge in [-0.2, -0.15) is 5.48 Å². The Bertz CT molecular complexity index is 1380. The van der Waals surface area contributed by atoms with Crippen molar-refractivity contribution >= 4 is 16.7 Å². The SMILES string of the molecule is CCc1cccc(CC)c1-c1cc2c(C(O)CC(C)C)cn(-c3ccc(C4=CCNO4)cc3)c2cn1. The molecule has 1 unspecified atom stereocenters. The third-order valence-corrected chi connectivity index (χ3v) is 7.01. The van der Waals surface area contributed by atoms with E-state index >= 15 is 0 Å². The Balaban J connectivity index is 1.65. The van der Waals surface area contributed by atoms with Crippen LogP contribution in [-0.4, -0.2) is 21.2 Å². The van der Waals surface area contributed by atoms with Crippen molar-refractivity contribution in [3.63, 3.8) is 0 Å². The van der Waals surface area contributed by atoms with Gasteiger partial charge in [0.2, 0.25) is 0 Å². The largest absolute Gasteiger partial charge is 0.408 e. The number of fused-ring (bicyclic) bond motifs is 1. The van der Waals surface area contributed by atoms with Crippen LogP contribution in [0.1, 0.15) is 62.5 Å². The number of nitrogens with one attached hydrogen (secondary N) is 1. The van der Waals surface area contributed by atoms with Gasteiger partial charge in [0.05, 0.1) is 30.1 Å². The van der Waals surface area contributed by atoms with E-state index in [1.54, 1.807) is 0 Å². The smallest absolute Gasteiger partial charge is 0.151 e. The fraction of sp³-hybridized carbons (Fsp3) is 0.323. The molecule has 0 saturated carbocycles. The summed E-state index contributed by atoms with van der Waals surface area (Å²) in [6, 6.07) is 17.0. The van der Waals surface area contributed by atoms with Crippen molar-refractivity contribution in [3.05, 3.63) is 89.3 Å². The summed E-state index contributed by atoms with van der Waals surface area (Å²) in [6.07, 6.45) is 8.15. The molecular weight excluding hydrogens is 446 g/mol. The van der Waals surface area contributed by atoms with Gasteiger partial charge in [-0.3, -0.25) is 4.98 Å². The van der Waals surface area contributed by atoms with Crippen LogP contribution in [0.15, 0.2) is 67.0 Å². The molecule has 3 heterocycles. The molecule has 5 rings (SSSR count). The van der Waals surface area contributed by atoms with Crippen LogP contribution >= 0.6 is 0 Å². The molecule has 0 spiro atoms. The molecule has 1 aliphatic rings. The number of benzene rings is 2. The first-order chi connectivity index (χ1) is 17.5. The van der Waals surface area contributed by atoms with E-state index in [2.05, 4.69) is 92.5 Å². The van der Waals surface area contributed by atoms with Crippen LogP contribution in [0, 0.1) is 5.92 Å². The number of aromatic nitrogens is 2. The van der Waals surface area contributed by atoms with Crippen molar-refractivity contribution in [2.24, 2.45) is 5.92 Å². The molecule has 0 saturated heterocycles. The van der Waals surface area contributed by atoms with Gasteiger partial charge in [-0.25, -0.2) is 0 Å². The Morgan fingerprint density at radius 1 is 1.06 bits per heavy atom. The van der Waals surface area contributed by atoms with E-state index in [4.69, 9.17) is 9.82 Å². The predicted molar refractivity (Wildman–Crippen MR) is 147 cm³/mol. The lowest BCUT2D eigenvalue weighted by Gasteiger charge is -2.14. The average Bonchev–Trinajstić information content (AvgIpc) is 3.56. The highest BCUT2D eigenvalue weighted by Gasteiger charge is 2.20. The summed E-state index contributed by atoms with van der Waals surface area (Å²) in [6.45, 7) is 9.39. The highest BCUT2D eigenvalue weighted by molar-refractivity contribution is 5.89. The Kier molecular flexibility index (Phi) is 6.95. The zero-order chi connectivity index (χ0) is 25.2. The number of hydroxylamine groups is 1. The molecule has 2 N–H and O–H groups in total. The predicted octanol–water partition coefficient (Wildman–Crippen LogP) is 6.77. The van der Waals surface area contributed by atoms with Crippen molar-refractivity contribution in [2.75, 3.05) is 6.54 Å². The first-order valence-electron chi connectivity index (χ1n) is 13.0. The van der Waals surface area contributed by atoms with Gasteiger partial charge in [0, 0.05) is 34.0 Å². The molecule has 186 valence electrons. The first-order valence-corrected chi connectivity index (χ1v) is 13.0. The Hall–Kier alpha value is -3.41. The monoisotopic (exact) mass is 481 g/mol. The van der Waals surface area contributed by atoms with Crippen LogP contribution < -0.4 is 5.48 Å². The number of hydrogen-bond acceptors (Lipinski definition) is 4. The number of aliphatic hydroxyl groups excluding tert-OH is 1. The second kappa shape index (κ2) is 10.3. The van der Waals surface area contributed by atoms with Crippen LogP contribution in [0.2, 0.25) is 0 Å². The number of aliphatic hydroxyl groups is 1. The Labute approximate surface area is 213 Å². The zero-order valence-electron chi connectivity index (χ0n) is 21.6. The fourth-order valence-electron chi connectivity index (χ4n) is 5.17. The minimum absolute atomic E-state index is 0.389. The Morgan fingerprint density at radius 2 is 1.78 bits per heavy atom. The van der Waals surface area contributed by atoms with Crippen molar-refractivity contribution < 1.29 is 9.94 Å². The quantitative estimate of drug-likeness (QED) is 0.291. The normalized spacial score (nSPS) is 14.3. The van der Waals surface area contributed by atoms with Crippen LogP contribution in [0.5, 0.6) is 0 Å². The third-order valence-electron chi connectivity index (χ3n) is 7.01. The summed E-state index contributed by atoms with van der Waals surface area (Å²) in [7, 11) is 0. The van der Waals surface area contributed by atoms with E-state index in [1.165, 1.54) is 16.7 Å². The Morgan fingerprint density at radius 3 is 2.39 bits per heavy atom. The molecule has 5 nitrogen and oxygen atoms in total. The molecule has 1 aliphatic heterocycles. The highest BCUT2D eigenvalue weighted by atomic mass is 16.7. The molecule has 0 fully saturated rings. The molecule has 0 bridgehead atoms. The minimum Gasteiger partial charge on any atom is -0.408 e. The standard InChI is InChI=1S/C31H35N3O2/c1-5-21-8-7-9-22(6-2)31(21)27-17-25-26(29(35)16-20(3)4)19-34(28(25)18-32-27)24-12-10-23(11-13-24)30-14-15-33-36-30/h7-14,17-20,29,33,35H,5-6,15-16H2,1-4H3. The van der Waals surface area contributed by atoms with E-state index in [0.29, 0.717) is 18.9 Å². The van der Waals surface area contributed by atoms with Gasteiger partial charge < -0.3 is 14.5 Å². The maximum atomic E-state index is 11.2. The third kappa shape index (κ3) is 4.57. The van der Waals surface area contributed by atoms with E-state index in [9.17, 15) is 5.11 Å². The minimum atomic E-state index is -0.543. The summed E-state index contributed by atoms with van der Waals surface area (Å²) >= 11 is 0. The van der Waals surface area contributed by atoms with Crippen molar-refractivity contribution in [2.45, 2.75) is 53.1 Å². The van der Waals surface area contributed by atoms with Gasteiger partial charge in [-0.05, 0) is 72.7 Å². The zero-order valence-corrected chi connectivity index (χ0v) is 21.6. The summed E-state index contributed by atoms with van der Waals surface area (Å²) in [5.74, 6) is 1.24. The molecule has 2 aromatic carbocycles. The lowest BCUT2D eigenvalue weighted by molar-refractivity contribution is 0.152. The van der Waals surface area contributed by atoms with E-state index in [-0.39, 0.29) is 0 Å². The van der Waals surface area contributed by atoms with Crippen molar-refractivity contribution in [1.29, 1.82) is 0 Å². The van der Waals surface area contributed by atoms with Gasteiger partial charge in [0.1, 0.15) is 0 Å². The maximum absolute atomic E-state index is 11.2. The number of hydrogen-bond donors (Lipinski definition) is 2. The van der Waals surface area contributed by atoms with E-state index in [0.717, 1.165) is 52.0 Å². The number of aryl methyl sites for hydroxylation is 2. The first kappa shape index (κ1) is 24.3. The molecule has 0 aliphatic carbocycles. The average molecular weight is 482 g/mol. The van der Waals surface area contributed by atoms with Gasteiger partial charge in [0.15, 0.2) is 5.76 Å². The van der Waals surface area contributed by atoms with Crippen molar-refractivity contribution in [1.82, 2.24) is 15.0 Å². The lowest BCUT2D eigenvalue weighted by Crippen LogP contribution is -2.04. The van der Waals surface area contributed by atoms with Crippen LogP contribution in [-0.2, 0) is 17.7 Å². The maximum Gasteiger partial charge on any atom is 0.151 e. The molecule has 2 aromatic heterocycles. The molecule has 0 radical (unpaired) electrons. The van der Waals surface area contributed by atoms with Gasteiger partial charge in [-0.15, -0.1) is 0 Å². The fourth-order valence-corrected chi connectivity index (χ4v) is 5.17. The summed E-state index contributed by atoms with van der Waals surface area (Å²) < 4.78 is 2.14. The van der Waals surface area contributed by atoms with E-state index < -0.39 is 6.10 Å². The van der Waals surface area contributed by atoms with Gasteiger partial charge >= 0.3 is 0 Å². The molecule has 36 heavy (non-hydrogen) atoms. The second-order valence-corrected chi connectivity index (χ2v) is 9.91. The lowest BCUT2D eigenvalue weighted by atomic mass is 9.93. The van der Waals surface area contributed by atoms with Crippen LogP contribution in [0.4, 0.5) is 0 Å². The number of nitrogens with zero attached hydrogens (tertiary/aromatic N) is 2. The summed E-state index contributed by atoms with van der Waals surface area (Å²) in [4.78, 5) is 10.4.